The van der Waals surface area contributed by atoms with E-state index in [1.54, 1.807) is 27.6 Å². The van der Waals surface area contributed by atoms with Crippen molar-refractivity contribution in [2.45, 2.75) is 32.6 Å². The van der Waals surface area contributed by atoms with Gasteiger partial charge in [-0.2, -0.15) is 10.1 Å². The van der Waals surface area contributed by atoms with Gasteiger partial charge < -0.3 is 14.3 Å². The largest absolute Gasteiger partial charge is 0.341 e. The first kappa shape index (κ1) is 16.7. The van der Waals surface area contributed by atoms with Crippen molar-refractivity contribution < 1.29 is 14.1 Å². The lowest BCUT2D eigenvalue weighted by molar-refractivity contribution is -0.138. The maximum atomic E-state index is 13.1. The highest BCUT2D eigenvalue weighted by atomic mass is 16.5. The Bertz CT molecular complexity index is 843. The van der Waals surface area contributed by atoms with Crippen molar-refractivity contribution in [3.63, 3.8) is 0 Å². The molecule has 2 aromatic rings. The molecule has 26 heavy (non-hydrogen) atoms. The van der Waals surface area contributed by atoms with Gasteiger partial charge in [0.25, 0.3) is 0 Å². The molecule has 2 aromatic heterocycles. The summed E-state index contributed by atoms with van der Waals surface area (Å²) in [5, 5.41) is 7.87. The maximum absolute atomic E-state index is 13.1. The standard InChI is InChI=1S/C17H22N6O3/c1-12-19-14(26-20-12)8-15(24)22-6-3-4-17(11-22)5-7-23(16(17)25)13-9-18-21(2)10-13/h9-10H,3-8,11H2,1-2H3/t17-/m0/s1. The van der Waals surface area contributed by atoms with Crippen molar-refractivity contribution in [3.05, 3.63) is 24.1 Å². The number of aromatic nitrogens is 4. The van der Waals surface area contributed by atoms with Gasteiger partial charge >= 0.3 is 0 Å². The van der Waals surface area contributed by atoms with E-state index in [-0.39, 0.29) is 18.2 Å². The number of carbonyl (C=O) groups is 2. The van der Waals surface area contributed by atoms with Gasteiger partial charge in [-0.05, 0) is 26.2 Å². The number of anilines is 1. The zero-order valence-corrected chi connectivity index (χ0v) is 15.0. The van der Waals surface area contributed by atoms with E-state index in [0.717, 1.165) is 24.9 Å². The second kappa shape index (κ2) is 6.22. The van der Waals surface area contributed by atoms with E-state index in [2.05, 4.69) is 15.2 Å². The number of nitrogens with zero attached hydrogens (tertiary/aromatic N) is 6. The minimum atomic E-state index is -0.492. The molecule has 4 heterocycles. The third-order valence-corrected chi connectivity index (χ3v) is 5.32. The lowest BCUT2D eigenvalue weighted by Gasteiger charge is -2.38. The quantitative estimate of drug-likeness (QED) is 0.801. The summed E-state index contributed by atoms with van der Waals surface area (Å²) in [5.74, 6) is 0.861. The fraction of sp³-hybridized carbons (Fsp3) is 0.588. The predicted octanol–water partition coefficient (Wildman–Crippen LogP) is 0.700. The monoisotopic (exact) mass is 358 g/mol. The molecule has 0 aliphatic carbocycles. The number of piperidine rings is 1. The van der Waals surface area contributed by atoms with Crippen LogP contribution in [0.5, 0.6) is 0 Å². The first-order chi connectivity index (χ1) is 12.5. The lowest BCUT2D eigenvalue weighted by atomic mass is 9.78. The molecule has 2 fully saturated rings. The normalized spacial score (nSPS) is 23.2. The number of hydrogen-bond donors (Lipinski definition) is 0. The van der Waals surface area contributed by atoms with E-state index in [1.165, 1.54) is 0 Å². The van der Waals surface area contributed by atoms with Gasteiger partial charge in [0.15, 0.2) is 5.82 Å². The molecule has 0 bridgehead atoms. The van der Waals surface area contributed by atoms with Gasteiger partial charge in [-0.25, -0.2) is 0 Å². The number of aryl methyl sites for hydroxylation is 2. The van der Waals surface area contributed by atoms with Crippen molar-refractivity contribution in [2.75, 3.05) is 24.5 Å². The third-order valence-electron chi connectivity index (χ3n) is 5.32. The molecule has 2 amide bonds. The van der Waals surface area contributed by atoms with Crippen LogP contribution in [0.4, 0.5) is 5.69 Å². The molecule has 2 aliphatic rings. The van der Waals surface area contributed by atoms with Gasteiger partial charge in [0.05, 0.1) is 17.3 Å². The lowest BCUT2D eigenvalue weighted by Crippen LogP contribution is -2.50. The molecule has 0 N–H and O–H groups in total. The fourth-order valence-electron chi connectivity index (χ4n) is 3.99. The van der Waals surface area contributed by atoms with E-state index >= 15 is 0 Å². The van der Waals surface area contributed by atoms with Crippen molar-refractivity contribution in [2.24, 2.45) is 12.5 Å². The maximum Gasteiger partial charge on any atom is 0.236 e. The molecule has 0 radical (unpaired) electrons. The topological polar surface area (TPSA) is 97.4 Å². The van der Waals surface area contributed by atoms with Crippen molar-refractivity contribution in [1.29, 1.82) is 0 Å². The van der Waals surface area contributed by atoms with Gasteiger partial charge in [0.2, 0.25) is 17.7 Å². The average Bonchev–Trinajstić information content (AvgIpc) is 3.30. The van der Waals surface area contributed by atoms with Gasteiger partial charge in [0.1, 0.15) is 6.42 Å². The van der Waals surface area contributed by atoms with Gasteiger partial charge in [0, 0.05) is 32.9 Å². The molecule has 0 aromatic carbocycles. The summed E-state index contributed by atoms with van der Waals surface area (Å²) in [4.78, 5) is 33.4. The zero-order valence-electron chi connectivity index (χ0n) is 15.0. The summed E-state index contributed by atoms with van der Waals surface area (Å²) in [6, 6.07) is 0. The predicted molar refractivity (Wildman–Crippen MR) is 91.2 cm³/mol. The van der Waals surface area contributed by atoms with E-state index in [0.29, 0.717) is 31.3 Å². The van der Waals surface area contributed by atoms with Crippen LogP contribution < -0.4 is 4.90 Å². The number of amides is 2. The summed E-state index contributed by atoms with van der Waals surface area (Å²) in [6.45, 7) is 3.50. The van der Waals surface area contributed by atoms with Gasteiger partial charge in [-0.15, -0.1) is 0 Å². The smallest absolute Gasteiger partial charge is 0.236 e. The summed E-state index contributed by atoms with van der Waals surface area (Å²) < 4.78 is 6.74. The Kier molecular flexibility index (Phi) is 4.01. The molecule has 0 saturated carbocycles. The molecule has 1 atom stereocenters. The van der Waals surface area contributed by atoms with Crippen molar-refractivity contribution >= 4 is 17.5 Å². The van der Waals surface area contributed by atoms with Crippen molar-refractivity contribution in [1.82, 2.24) is 24.8 Å². The molecule has 138 valence electrons. The highest BCUT2D eigenvalue weighted by molar-refractivity contribution is 6.00. The Morgan fingerprint density at radius 2 is 2.19 bits per heavy atom. The van der Waals surface area contributed by atoms with E-state index in [9.17, 15) is 9.59 Å². The highest BCUT2D eigenvalue weighted by Gasteiger charge is 2.50. The van der Waals surface area contributed by atoms with E-state index < -0.39 is 5.41 Å². The van der Waals surface area contributed by atoms with E-state index in [1.807, 2.05) is 13.2 Å². The van der Waals surface area contributed by atoms with Crippen LogP contribution in [0.3, 0.4) is 0 Å². The SMILES string of the molecule is Cc1noc(CC(=O)N2CCC[C@]3(CCN(c4cnn(C)c4)C3=O)C2)n1. The minimum absolute atomic E-state index is 0.0691. The number of rotatable bonds is 3. The van der Waals surface area contributed by atoms with Crippen LogP contribution in [-0.2, 0) is 23.1 Å². The molecule has 9 heteroatoms. The Morgan fingerprint density at radius 3 is 2.88 bits per heavy atom. The summed E-state index contributed by atoms with van der Waals surface area (Å²) >= 11 is 0. The molecule has 4 rings (SSSR count). The van der Waals surface area contributed by atoms with Crippen LogP contribution in [0.2, 0.25) is 0 Å². The molecule has 0 unspecified atom stereocenters. The first-order valence-electron chi connectivity index (χ1n) is 8.84. The van der Waals surface area contributed by atoms with Crippen LogP contribution in [-0.4, -0.2) is 56.3 Å². The molecular weight excluding hydrogens is 336 g/mol. The number of hydrogen-bond acceptors (Lipinski definition) is 6. The Morgan fingerprint density at radius 1 is 1.35 bits per heavy atom. The highest BCUT2D eigenvalue weighted by Crippen LogP contribution is 2.41. The van der Waals surface area contributed by atoms with Gasteiger partial charge in [-0.1, -0.05) is 5.16 Å². The van der Waals surface area contributed by atoms with Gasteiger partial charge in [-0.3, -0.25) is 14.3 Å². The minimum Gasteiger partial charge on any atom is -0.341 e. The van der Waals surface area contributed by atoms with Crippen LogP contribution in [0, 0.1) is 12.3 Å². The molecule has 9 nitrogen and oxygen atoms in total. The third kappa shape index (κ3) is 2.87. The van der Waals surface area contributed by atoms with Crippen LogP contribution in [0.15, 0.2) is 16.9 Å². The molecule has 2 saturated heterocycles. The summed E-state index contributed by atoms with van der Waals surface area (Å²) in [5.41, 5.74) is 0.327. The first-order valence-corrected chi connectivity index (χ1v) is 8.84. The fourth-order valence-corrected chi connectivity index (χ4v) is 3.99. The average molecular weight is 358 g/mol. The summed E-state index contributed by atoms with van der Waals surface area (Å²) in [7, 11) is 1.83. The molecule has 1 spiro atoms. The van der Waals surface area contributed by atoms with Crippen LogP contribution in [0.1, 0.15) is 31.0 Å². The Balaban J connectivity index is 1.47. The van der Waals surface area contributed by atoms with E-state index in [4.69, 9.17) is 4.52 Å². The number of likely N-dealkylation sites (tertiary alicyclic amines) is 1. The van der Waals surface area contributed by atoms with Crippen LogP contribution in [0.25, 0.3) is 0 Å². The van der Waals surface area contributed by atoms with Crippen molar-refractivity contribution in [3.8, 4) is 0 Å². The van der Waals surface area contributed by atoms with Crippen LogP contribution >= 0.6 is 0 Å². The second-order valence-corrected chi connectivity index (χ2v) is 7.19. The molecular formula is C17H22N6O3. The molecule has 2 aliphatic heterocycles. The Labute approximate surface area is 150 Å². The Hall–Kier alpha value is -2.71. The zero-order chi connectivity index (χ0) is 18.3. The second-order valence-electron chi connectivity index (χ2n) is 7.19. The summed E-state index contributed by atoms with van der Waals surface area (Å²) in [6.07, 6.45) is 6.02. The number of carbonyl (C=O) groups excluding carboxylic acids is 2.